The summed E-state index contributed by atoms with van der Waals surface area (Å²) in [6.07, 6.45) is 9.42. The van der Waals surface area contributed by atoms with E-state index in [-0.39, 0.29) is 5.92 Å². The van der Waals surface area contributed by atoms with Crippen LogP contribution in [0.2, 0.25) is 0 Å². The number of imidazole rings is 1. The molecule has 1 atom stereocenters. The summed E-state index contributed by atoms with van der Waals surface area (Å²) in [5.41, 5.74) is 4.48. The highest BCUT2D eigenvalue weighted by Gasteiger charge is 2.22. The van der Waals surface area contributed by atoms with Gasteiger partial charge in [-0.05, 0) is 49.3 Å². The van der Waals surface area contributed by atoms with Crippen molar-refractivity contribution in [1.29, 1.82) is 0 Å². The van der Waals surface area contributed by atoms with Crippen molar-refractivity contribution in [2.45, 2.75) is 71.6 Å². The van der Waals surface area contributed by atoms with E-state index in [4.69, 9.17) is 4.98 Å². The van der Waals surface area contributed by atoms with Crippen molar-refractivity contribution >= 4 is 6.09 Å². The molecule has 0 aliphatic heterocycles. The molecular formula is C22H30N2O2. The van der Waals surface area contributed by atoms with E-state index >= 15 is 0 Å². The first kappa shape index (κ1) is 18.7. The van der Waals surface area contributed by atoms with Gasteiger partial charge in [0.05, 0.1) is 5.69 Å². The van der Waals surface area contributed by atoms with Crippen LogP contribution in [0.15, 0.2) is 24.4 Å². The molecule has 0 radical (unpaired) electrons. The lowest BCUT2D eigenvalue weighted by Crippen LogP contribution is -2.14. The van der Waals surface area contributed by atoms with Crippen LogP contribution >= 0.6 is 0 Å². The lowest BCUT2D eigenvalue weighted by molar-refractivity contribution is 0.195. The van der Waals surface area contributed by atoms with Crippen molar-refractivity contribution in [3.63, 3.8) is 0 Å². The number of hydrogen-bond donors (Lipinski definition) is 1. The second-order valence-corrected chi connectivity index (χ2v) is 7.80. The van der Waals surface area contributed by atoms with Crippen LogP contribution in [0, 0.1) is 19.8 Å². The fraction of sp³-hybridized carbons (Fsp3) is 0.545. The Kier molecular flexibility index (Phi) is 5.80. The second kappa shape index (κ2) is 8.07. The summed E-state index contributed by atoms with van der Waals surface area (Å²) in [5.74, 6) is 1.45. The second-order valence-electron chi connectivity index (χ2n) is 7.80. The summed E-state index contributed by atoms with van der Waals surface area (Å²) >= 11 is 0. The fourth-order valence-electron chi connectivity index (χ4n) is 4.28. The van der Waals surface area contributed by atoms with Crippen LogP contribution in [0.25, 0.3) is 0 Å². The molecule has 1 N–H and O–H groups in total. The van der Waals surface area contributed by atoms with Gasteiger partial charge in [-0.3, -0.25) is 0 Å². The third-order valence-electron chi connectivity index (χ3n) is 6.01. The number of carbonyl (C=O) groups is 1. The molecule has 1 saturated carbocycles. The maximum absolute atomic E-state index is 11.7. The Balaban J connectivity index is 1.78. The van der Waals surface area contributed by atoms with E-state index < -0.39 is 6.09 Å². The van der Waals surface area contributed by atoms with Crippen LogP contribution in [-0.4, -0.2) is 20.8 Å². The molecule has 3 rings (SSSR count). The highest BCUT2D eigenvalue weighted by atomic mass is 16.4. The average Bonchev–Trinajstić information content (AvgIpc) is 3.26. The molecule has 4 heteroatoms. The van der Waals surface area contributed by atoms with E-state index in [1.165, 1.54) is 47.8 Å². The van der Waals surface area contributed by atoms with Gasteiger partial charge in [0.15, 0.2) is 0 Å². The van der Waals surface area contributed by atoms with Crippen LogP contribution in [0.1, 0.15) is 79.6 Å². The Morgan fingerprint density at radius 2 is 2.04 bits per heavy atom. The maximum atomic E-state index is 11.7. The highest BCUT2D eigenvalue weighted by Crippen LogP contribution is 2.30. The normalized spacial score (nSPS) is 16.1. The third-order valence-corrected chi connectivity index (χ3v) is 6.01. The van der Waals surface area contributed by atoms with Crippen molar-refractivity contribution in [2.24, 2.45) is 5.92 Å². The molecular weight excluding hydrogens is 324 g/mol. The molecule has 1 heterocycles. The molecule has 1 fully saturated rings. The molecule has 4 nitrogen and oxygen atoms in total. The first-order valence-electron chi connectivity index (χ1n) is 9.85. The number of nitrogens with zero attached hydrogens (tertiary/aromatic N) is 2. The number of rotatable bonds is 6. The Labute approximate surface area is 156 Å². The minimum Gasteiger partial charge on any atom is -0.464 e. The molecule has 1 aliphatic carbocycles. The third kappa shape index (κ3) is 4.00. The van der Waals surface area contributed by atoms with Crippen LogP contribution in [0.3, 0.4) is 0 Å². The number of aryl methyl sites for hydroxylation is 2. The largest absolute Gasteiger partial charge is 0.464 e. The molecule has 0 unspecified atom stereocenters. The minimum atomic E-state index is -0.952. The van der Waals surface area contributed by atoms with Crippen molar-refractivity contribution in [2.75, 3.05) is 0 Å². The lowest BCUT2D eigenvalue weighted by atomic mass is 9.93. The van der Waals surface area contributed by atoms with E-state index in [9.17, 15) is 9.90 Å². The van der Waals surface area contributed by atoms with Gasteiger partial charge in [-0.2, -0.15) is 0 Å². The standard InChI is InChI=1S/C22H30N2O2/c1-15-8-6-13-20(16(15)2)17(3)21-23-19(14-24(21)22(25)26)12-7-11-18-9-4-5-10-18/h6,8,13-14,17-18H,4-5,7,9-12H2,1-3H3,(H,25,26)/t17-/m0/s1. The number of hydrogen-bond acceptors (Lipinski definition) is 2. The van der Waals surface area contributed by atoms with Crippen LogP contribution in [0.5, 0.6) is 0 Å². The van der Waals surface area contributed by atoms with Gasteiger partial charge < -0.3 is 5.11 Å². The van der Waals surface area contributed by atoms with Crippen LogP contribution < -0.4 is 0 Å². The Bertz CT molecular complexity index is 772. The fourth-order valence-corrected chi connectivity index (χ4v) is 4.28. The van der Waals surface area contributed by atoms with E-state index in [1.54, 1.807) is 6.20 Å². The summed E-state index contributed by atoms with van der Waals surface area (Å²) in [5, 5.41) is 9.62. The van der Waals surface area contributed by atoms with E-state index in [0.29, 0.717) is 5.82 Å². The summed E-state index contributed by atoms with van der Waals surface area (Å²) in [6.45, 7) is 6.23. The number of aromatic nitrogens is 2. The summed E-state index contributed by atoms with van der Waals surface area (Å²) in [4.78, 5) is 16.5. The molecule has 0 bridgehead atoms. The molecule has 1 aliphatic rings. The molecule has 26 heavy (non-hydrogen) atoms. The zero-order chi connectivity index (χ0) is 18.7. The summed E-state index contributed by atoms with van der Waals surface area (Å²) < 4.78 is 1.32. The van der Waals surface area contributed by atoms with Gasteiger partial charge in [0, 0.05) is 12.1 Å². The zero-order valence-corrected chi connectivity index (χ0v) is 16.2. The van der Waals surface area contributed by atoms with Gasteiger partial charge in [-0.1, -0.05) is 57.2 Å². The van der Waals surface area contributed by atoms with Crippen LogP contribution in [0.4, 0.5) is 4.79 Å². The van der Waals surface area contributed by atoms with Crippen molar-refractivity contribution in [3.05, 3.63) is 52.6 Å². The molecule has 140 valence electrons. The zero-order valence-electron chi connectivity index (χ0n) is 16.2. The highest BCUT2D eigenvalue weighted by molar-refractivity contribution is 5.69. The number of benzene rings is 1. The van der Waals surface area contributed by atoms with Crippen LogP contribution in [-0.2, 0) is 6.42 Å². The van der Waals surface area contributed by atoms with Crippen molar-refractivity contribution in [3.8, 4) is 0 Å². The first-order chi connectivity index (χ1) is 12.5. The SMILES string of the molecule is Cc1cccc([C@H](C)c2nc(CCCC3CCCC3)cn2C(=O)O)c1C. The Morgan fingerprint density at radius 1 is 1.31 bits per heavy atom. The molecule has 2 aromatic rings. The van der Waals surface area contributed by atoms with Gasteiger partial charge in [0.2, 0.25) is 0 Å². The van der Waals surface area contributed by atoms with E-state index in [1.807, 2.05) is 13.0 Å². The smallest absolute Gasteiger partial charge is 0.417 e. The van der Waals surface area contributed by atoms with Gasteiger partial charge in [-0.15, -0.1) is 0 Å². The maximum Gasteiger partial charge on any atom is 0.417 e. The van der Waals surface area contributed by atoms with Crippen molar-refractivity contribution < 1.29 is 9.90 Å². The minimum absolute atomic E-state index is 0.0467. The van der Waals surface area contributed by atoms with E-state index in [2.05, 4.69) is 26.0 Å². The molecule has 0 spiro atoms. The molecule has 0 amide bonds. The Hall–Kier alpha value is -2.10. The quantitative estimate of drug-likeness (QED) is 0.725. The van der Waals surface area contributed by atoms with Gasteiger partial charge in [0.1, 0.15) is 5.82 Å². The predicted octanol–water partition coefficient (Wildman–Crippen LogP) is 5.69. The molecule has 0 saturated heterocycles. The topological polar surface area (TPSA) is 55.1 Å². The van der Waals surface area contributed by atoms with Crippen molar-refractivity contribution in [1.82, 2.24) is 9.55 Å². The summed E-state index contributed by atoms with van der Waals surface area (Å²) in [7, 11) is 0. The summed E-state index contributed by atoms with van der Waals surface area (Å²) in [6, 6.07) is 6.20. The Morgan fingerprint density at radius 3 is 2.73 bits per heavy atom. The van der Waals surface area contributed by atoms with Gasteiger partial charge >= 0.3 is 6.09 Å². The molecule has 1 aromatic carbocycles. The molecule has 1 aromatic heterocycles. The van der Waals surface area contributed by atoms with Gasteiger partial charge in [0.25, 0.3) is 0 Å². The van der Waals surface area contributed by atoms with Gasteiger partial charge in [-0.25, -0.2) is 14.3 Å². The predicted molar refractivity (Wildman–Crippen MR) is 104 cm³/mol. The number of carboxylic acid groups (broad SMARTS) is 1. The monoisotopic (exact) mass is 354 g/mol. The average molecular weight is 354 g/mol. The lowest BCUT2D eigenvalue weighted by Gasteiger charge is -2.16. The van der Waals surface area contributed by atoms with E-state index in [0.717, 1.165) is 30.0 Å². The first-order valence-corrected chi connectivity index (χ1v) is 9.85.